The number of aliphatic carboxylic acids is 1. The first-order valence-electron chi connectivity index (χ1n) is 7.09. The summed E-state index contributed by atoms with van der Waals surface area (Å²) in [5.74, 6) is -1.95. The topological polar surface area (TPSA) is 75.6 Å². The van der Waals surface area contributed by atoms with Gasteiger partial charge in [-0.1, -0.05) is 20.8 Å². The third kappa shape index (κ3) is 3.23. The van der Waals surface area contributed by atoms with Crippen molar-refractivity contribution < 1.29 is 19.1 Å². The van der Waals surface area contributed by atoms with Crippen LogP contribution in [0.15, 0.2) is 0 Å². The highest BCUT2D eigenvalue weighted by Crippen LogP contribution is 2.39. The molecule has 0 aromatic rings. The Morgan fingerprint density at radius 3 is 2.20 bits per heavy atom. The van der Waals surface area contributed by atoms with Crippen molar-refractivity contribution in [3.63, 3.8) is 0 Å². The number of carboxylic acids is 1. The molecule has 1 rings (SSSR count). The molecule has 0 bridgehead atoms. The maximum atomic E-state index is 11.8. The summed E-state index contributed by atoms with van der Waals surface area (Å²) in [6.45, 7) is 14.2. The van der Waals surface area contributed by atoms with Gasteiger partial charge in [0.05, 0.1) is 24.0 Å². The number of carbonyl (C=O) groups is 2. The molecule has 6 heteroatoms. The van der Waals surface area contributed by atoms with Crippen LogP contribution in [0.5, 0.6) is 0 Å². The summed E-state index contributed by atoms with van der Waals surface area (Å²) in [7, 11) is -1.96. The van der Waals surface area contributed by atoms with Gasteiger partial charge in [-0.15, -0.1) is 0 Å². The predicted molar refractivity (Wildman–Crippen MR) is 80.0 cm³/mol. The van der Waals surface area contributed by atoms with E-state index >= 15 is 0 Å². The van der Waals surface area contributed by atoms with Crippen LogP contribution in [0.1, 0.15) is 34.6 Å². The van der Waals surface area contributed by atoms with Gasteiger partial charge in [-0.2, -0.15) is 0 Å². The second-order valence-corrected chi connectivity index (χ2v) is 12.0. The van der Waals surface area contributed by atoms with Crippen molar-refractivity contribution in [1.29, 1.82) is 0 Å². The lowest BCUT2D eigenvalue weighted by Gasteiger charge is -2.46. The van der Waals surface area contributed by atoms with Gasteiger partial charge in [-0.3, -0.25) is 9.59 Å². The van der Waals surface area contributed by atoms with Crippen molar-refractivity contribution in [2.75, 3.05) is 0 Å². The third-order valence-electron chi connectivity index (χ3n) is 4.72. The Morgan fingerprint density at radius 1 is 1.35 bits per heavy atom. The Kier molecular flexibility index (Phi) is 4.71. The van der Waals surface area contributed by atoms with E-state index in [9.17, 15) is 9.59 Å². The zero-order valence-electron chi connectivity index (χ0n) is 13.5. The van der Waals surface area contributed by atoms with Crippen molar-refractivity contribution in [2.24, 2.45) is 11.8 Å². The first-order valence-corrected chi connectivity index (χ1v) is 10.0. The summed E-state index contributed by atoms with van der Waals surface area (Å²) < 4.78 is 6.22. The van der Waals surface area contributed by atoms with Gasteiger partial charge in [-0.05, 0) is 32.0 Å². The second kappa shape index (κ2) is 5.48. The number of nitrogens with one attached hydrogen (secondary N) is 1. The van der Waals surface area contributed by atoms with Crippen molar-refractivity contribution in [1.82, 2.24) is 5.32 Å². The smallest absolute Gasteiger partial charge is 0.308 e. The highest BCUT2D eigenvalue weighted by molar-refractivity contribution is 6.74. The van der Waals surface area contributed by atoms with Gasteiger partial charge in [0.2, 0.25) is 5.91 Å². The molecule has 116 valence electrons. The number of hydrogen-bond donors (Lipinski definition) is 2. The molecule has 4 atom stereocenters. The molecule has 2 N–H and O–H groups in total. The number of carbonyl (C=O) groups excluding carboxylic acids is 1. The number of amides is 1. The monoisotopic (exact) mass is 301 g/mol. The SMILES string of the molecule is CC(C(=O)O)[C@H]1NC(=O)[C@H]1[C@@H](C)O[Si](C)(C)C(C)(C)C. The minimum atomic E-state index is -1.96. The van der Waals surface area contributed by atoms with Gasteiger partial charge >= 0.3 is 5.97 Å². The molecule has 1 amide bonds. The summed E-state index contributed by atoms with van der Waals surface area (Å²) in [6.07, 6.45) is -0.253. The average Bonchev–Trinajstić information content (AvgIpc) is 2.21. The van der Waals surface area contributed by atoms with Gasteiger partial charge in [0.1, 0.15) is 0 Å². The number of carboxylic acid groups (broad SMARTS) is 1. The molecule has 0 aliphatic carbocycles. The van der Waals surface area contributed by atoms with Crippen LogP contribution in [-0.2, 0) is 14.0 Å². The van der Waals surface area contributed by atoms with E-state index in [1.54, 1.807) is 6.92 Å². The first kappa shape index (κ1) is 17.2. The minimum Gasteiger partial charge on any atom is -0.481 e. The van der Waals surface area contributed by atoms with E-state index in [1.807, 2.05) is 6.92 Å². The van der Waals surface area contributed by atoms with Crippen LogP contribution in [0.2, 0.25) is 18.1 Å². The molecule has 1 saturated heterocycles. The summed E-state index contributed by atoms with van der Waals surface area (Å²) in [5.41, 5.74) is 0. The number of hydrogen-bond acceptors (Lipinski definition) is 3. The largest absolute Gasteiger partial charge is 0.481 e. The molecule has 1 aliphatic heterocycles. The zero-order chi connectivity index (χ0) is 15.9. The Morgan fingerprint density at radius 2 is 1.85 bits per heavy atom. The number of rotatable bonds is 5. The normalized spacial score (nSPS) is 26.4. The molecule has 0 radical (unpaired) electrons. The van der Waals surface area contributed by atoms with Gasteiger partial charge in [0, 0.05) is 0 Å². The fourth-order valence-electron chi connectivity index (χ4n) is 2.23. The molecule has 0 aromatic heterocycles. The van der Waals surface area contributed by atoms with Crippen LogP contribution in [0.4, 0.5) is 0 Å². The highest BCUT2D eigenvalue weighted by Gasteiger charge is 2.50. The van der Waals surface area contributed by atoms with Gasteiger partial charge in [-0.25, -0.2) is 0 Å². The van der Waals surface area contributed by atoms with E-state index in [2.05, 4.69) is 39.2 Å². The second-order valence-electron chi connectivity index (χ2n) is 7.27. The lowest BCUT2D eigenvalue weighted by atomic mass is 9.79. The fourth-order valence-corrected chi connectivity index (χ4v) is 3.66. The van der Waals surface area contributed by atoms with E-state index in [-0.39, 0.29) is 29.0 Å². The Hall–Kier alpha value is -0.883. The van der Waals surface area contributed by atoms with Crippen LogP contribution in [-0.4, -0.2) is 37.4 Å². The molecule has 1 unspecified atom stereocenters. The van der Waals surface area contributed by atoms with E-state index in [0.717, 1.165) is 0 Å². The lowest BCUT2D eigenvalue weighted by molar-refractivity contribution is -0.151. The molecule has 1 heterocycles. The van der Waals surface area contributed by atoms with E-state index in [0.29, 0.717) is 0 Å². The summed E-state index contributed by atoms with van der Waals surface area (Å²) in [5, 5.41) is 11.8. The fraction of sp³-hybridized carbons (Fsp3) is 0.857. The predicted octanol–water partition coefficient (Wildman–Crippen LogP) is 2.23. The third-order valence-corrected chi connectivity index (χ3v) is 9.29. The zero-order valence-corrected chi connectivity index (χ0v) is 14.5. The standard InChI is InChI=1S/C14H27NO4Si/c1-8(13(17)18)11-10(12(16)15-11)9(2)19-20(6,7)14(3,4)5/h8-11H,1-7H3,(H,15,16)(H,17,18)/t8?,9-,10+,11-/m1/s1. The molecule has 0 saturated carbocycles. The highest BCUT2D eigenvalue weighted by atomic mass is 28.4. The Balaban J connectivity index is 2.78. The lowest BCUT2D eigenvalue weighted by Crippen LogP contribution is -2.66. The van der Waals surface area contributed by atoms with Crippen molar-refractivity contribution in [3.8, 4) is 0 Å². The minimum absolute atomic E-state index is 0.0649. The van der Waals surface area contributed by atoms with Crippen LogP contribution < -0.4 is 5.32 Å². The van der Waals surface area contributed by atoms with Crippen molar-refractivity contribution >= 4 is 20.2 Å². The quantitative estimate of drug-likeness (QED) is 0.603. The summed E-state index contributed by atoms with van der Waals surface area (Å²) in [4.78, 5) is 22.8. The molecular formula is C14H27NO4Si. The van der Waals surface area contributed by atoms with Crippen LogP contribution in [0.3, 0.4) is 0 Å². The molecule has 1 fully saturated rings. The van der Waals surface area contributed by atoms with Gasteiger partial charge in [0.15, 0.2) is 8.32 Å². The first-order chi connectivity index (χ1) is 8.88. The maximum absolute atomic E-state index is 11.8. The van der Waals surface area contributed by atoms with E-state index in [4.69, 9.17) is 9.53 Å². The van der Waals surface area contributed by atoms with Crippen LogP contribution in [0.25, 0.3) is 0 Å². The number of β-lactam (4-membered cyclic amide) rings is 1. The Labute approximate surface area is 122 Å². The van der Waals surface area contributed by atoms with E-state index < -0.39 is 20.2 Å². The summed E-state index contributed by atoms with van der Waals surface area (Å²) in [6, 6.07) is -0.334. The van der Waals surface area contributed by atoms with Crippen molar-refractivity contribution in [2.45, 2.75) is 64.9 Å². The summed E-state index contributed by atoms with van der Waals surface area (Å²) >= 11 is 0. The average molecular weight is 301 g/mol. The van der Waals surface area contributed by atoms with Gasteiger partial charge in [0.25, 0.3) is 0 Å². The van der Waals surface area contributed by atoms with E-state index in [1.165, 1.54) is 0 Å². The maximum Gasteiger partial charge on any atom is 0.308 e. The Bertz CT molecular complexity index is 402. The molecule has 0 aromatic carbocycles. The van der Waals surface area contributed by atoms with Gasteiger partial charge < -0.3 is 14.8 Å². The van der Waals surface area contributed by atoms with Crippen LogP contribution in [0, 0.1) is 11.8 Å². The molecule has 0 spiro atoms. The molecule has 1 aliphatic rings. The van der Waals surface area contributed by atoms with Crippen molar-refractivity contribution in [3.05, 3.63) is 0 Å². The van der Waals surface area contributed by atoms with Crippen LogP contribution >= 0.6 is 0 Å². The molecule has 20 heavy (non-hydrogen) atoms. The molecular weight excluding hydrogens is 274 g/mol. The molecule has 5 nitrogen and oxygen atoms in total.